The summed E-state index contributed by atoms with van der Waals surface area (Å²) in [5, 5.41) is 4.37. The van der Waals surface area contributed by atoms with E-state index in [4.69, 9.17) is 27.9 Å². The van der Waals surface area contributed by atoms with E-state index in [2.05, 4.69) is 26.7 Å². The van der Waals surface area contributed by atoms with Gasteiger partial charge in [-0.05, 0) is 52.7 Å². The maximum atomic E-state index is 12.3. The molecule has 1 aliphatic heterocycles. The summed E-state index contributed by atoms with van der Waals surface area (Å²) in [5.74, 6) is -3.09. The molecule has 8 nitrogen and oxygen atoms in total. The summed E-state index contributed by atoms with van der Waals surface area (Å²) >= 11 is 15.4. The van der Waals surface area contributed by atoms with Crippen molar-refractivity contribution in [3.63, 3.8) is 0 Å². The molecule has 0 saturated carbocycles. The van der Waals surface area contributed by atoms with E-state index in [9.17, 15) is 19.2 Å². The van der Waals surface area contributed by atoms with Crippen LogP contribution in [0.5, 0.6) is 0 Å². The van der Waals surface area contributed by atoms with E-state index in [0.717, 1.165) is 5.01 Å². The highest BCUT2D eigenvalue weighted by molar-refractivity contribution is 9.10. The van der Waals surface area contributed by atoms with Crippen molar-refractivity contribution in [2.24, 2.45) is 5.92 Å². The zero-order valence-electron chi connectivity index (χ0n) is 16.8. The molecule has 2 aromatic carbocycles. The lowest BCUT2D eigenvalue weighted by Crippen LogP contribution is -2.43. The lowest BCUT2D eigenvalue weighted by Gasteiger charge is -2.18. The van der Waals surface area contributed by atoms with E-state index in [-0.39, 0.29) is 23.6 Å². The summed E-state index contributed by atoms with van der Waals surface area (Å²) < 4.78 is 5.75. The quantitative estimate of drug-likeness (QED) is 0.541. The number of amides is 3. The van der Waals surface area contributed by atoms with Crippen LogP contribution >= 0.6 is 39.1 Å². The van der Waals surface area contributed by atoms with Crippen LogP contribution in [0.2, 0.25) is 10.0 Å². The zero-order valence-corrected chi connectivity index (χ0v) is 19.9. The summed E-state index contributed by atoms with van der Waals surface area (Å²) in [5.41, 5.74) is 3.79. The van der Waals surface area contributed by atoms with Crippen molar-refractivity contribution in [2.75, 3.05) is 18.5 Å². The van der Waals surface area contributed by atoms with Crippen LogP contribution in [0.15, 0.2) is 40.9 Å². The lowest BCUT2D eigenvalue weighted by molar-refractivity contribution is -0.151. The molecular weight excluding hydrogens is 525 g/mol. The van der Waals surface area contributed by atoms with Gasteiger partial charge in [0.15, 0.2) is 6.61 Å². The minimum Gasteiger partial charge on any atom is -0.455 e. The molecule has 3 amide bonds. The number of carbonyl (C=O) groups is 4. The minimum absolute atomic E-state index is 0.0725. The smallest absolute Gasteiger partial charge is 0.311 e. The molecule has 0 unspecified atom stereocenters. The number of esters is 1. The van der Waals surface area contributed by atoms with E-state index in [1.807, 2.05) is 0 Å². The fourth-order valence-electron chi connectivity index (χ4n) is 3.03. The molecule has 0 aromatic heterocycles. The van der Waals surface area contributed by atoms with Gasteiger partial charge in [0.25, 0.3) is 11.8 Å². The third-order valence-electron chi connectivity index (χ3n) is 4.77. The number of nitrogens with zero attached hydrogens (tertiary/aromatic N) is 1. The van der Waals surface area contributed by atoms with Crippen molar-refractivity contribution in [2.45, 2.75) is 13.3 Å². The zero-order chi connectivity index (χ0) is 23.4. The SMILES string of the molecule is Cc1c(NC(=O)COC(=O)[C@H]2CC(=O)N(NC(=O)c3ccccc3Cl)C2)ccc(Br)c1Cl. The molecule has 168 valence electrons. The Bertz CT molecular complexity index is 1100. The Morgan fingerprint density at radius 2 is 1.91 bits per heavy atom. The lowest BCUT2D eigenvalue weighted by atomic mass is 10.1. The number of carbonyl (C=O) groups excluding carboxylic acids is 4. The highest BCUT2D eigenvalue weighted by atomic mass is 79.9. The number of benzene rings is 2. The number of hydrogen-bond donors (Lipinski definition) is 2. The average molecular weight is 543 g/mol. The van der Waals surface area contributed by atoms with Gasteiger partial charge in [-0.3, -0.25) is 29.6 Å². The van der Waals surface area contributed by atoms with Crippen molar-refractivity contribution in [3.05, 3.63) is 62.0 Å². The van der Waals surface area contributed by atoms with Gasteiger partial charge in [-0.15, -0.1) is 0 Å². The number of halogens is 3. The van der Waals surface area contributed by atoms with Gasteiger partial charge >= 0.3 is 5.97 Å². The van der Waals surface area contributed by atoms with E-state index < -0.39 is 36.2 Å². The van der Waals surface area contributed by atoms with Crippen LogP contribution in [-0.4, -0.2) is 41.9 Å². The molecule has 3 rings (SSSR count). The Hall–Kier alpha value is -2.62. The largest absolute Gasteiger partial charge is 0.455 e. The third kappa shape index (κ3) is 5.59. The first-order chi connectivity index (χ1) is 15.2. The topological polar surface area (TPSA) is 105 Å². The number of ether oxygens (including phenoxy) is 1. The van der Waals surface area contributed by atoms with Crippen molar-refractivity contribution in [1.29, 1.82) is 0 Å². The number of anilines is 1. The van der Waals surface area contributed by atoms with E-state index in [1.54, 1.807) is 37.3 Å². The van der Waals surface area contributed by atoms with Crippen molar-refractivity contribution >= 4 is 68.5 Å². The first-order valence-corrected chi connectivity index (χ1v) is 11.0. The predicted molar refractivity (Wildman–Crippen MR) is 122 cm³/mol. The maximum Gasteiger partial charge on any atom is 0.311 e. The summed E-state index contributed by atoms with van der Waals surface area (Å²) in [6, 6.07) is 9.74. The second-order valence-corrected chi connectivity index (χ2v) is 8.66. The first kappa shape index (κ1) is 24.0. The molecule has 2 N–H and O–H groups in total. The van der Waals surface area contributed by atoms with E-state index in [0.29, 0.717) is 20.7 Å². The van der Waals surface area contributed by atoms with Crippen LogP contribution in [0.4, 0.5) is 5.69 Å². The van der Waals surface area contributed by atoms with Crippen molar-refractivity contribution < 1.29 is 23.9 Å². The summed E-state index contributed by atoms with van der Waals surface area (Å²) in [6.07, 6.45) is -0.148. The molecule has 32 heavy (non-hydrogen) atoms. The maximum absolute atomic E-state index is 12.3. The molecule has 1 saturated heterocycles. The fraction of sp³-hybridized carbons (Fsp3) is 0.238. The standard InChI is InChI=1S/C21H18BrCl2N3O5/c1-11-16(7-6-14(22)19(11)24)25-17(28)10-32-21(31)12-8-18(29)27(9-12)26-20(30)13-4-2-3-5-15(13)23/h2-7,12H,8-10H2,1H3,(H,25,28)(H,26,30)/t12-/m0/s1. The predicted octanol–water partition coefficient (Wildman–Crippen LogP) is 3.74. The van der Waals surface area contributed by atoms with Gasteiger partial charge < -0.3 is 10.1 Å². The first-order valence-electron chi connectivity index (χ1n) is 9.44. The van der Waals surface area contributed by atoms with Crippen LogP contribution in [0.1, 0.15) is 22.3 Å². The van der Waals surface area contributed by atoms with Gasteiger partial charge in [-0.25, -0.2) is 0 Å². The summed E-state index contributed by atoms with van der Waals surface area (Å²) in [7, 11) is 0. The third-order valence-corrected chi connectivity index (χ3v) is 6.48. The molecule has 0 bridgehead atoms. The number of nitrogens with one attached hydrogen (secondary N) is 2. The fourth-order valence-corrected chi connectivity index (χ4v) is 3.85. The molecule has 0 radical (unpaired) electrons. The van der Waals surface area contributed by atoms with Crippen LogP contribution in [0.3, 0.4) is 0 Å². The van der Waals surface area contributed by atoms with Crippen LogP contribution in [0, 0.1) is 12.8 Å². The van der Waals surface area contributed by atoms with E-state index in [1.165, 1.54) is 6.07 Å². The normalized spacial score (nSPS) is 15.4. The van der Waals surface area contributed by atoms with Gasteiger partial charge in [0, 0.05) is 16.6 Å². The molecule has 2 aromatic rings. The molecule has 0 aliphatic carbocycles. The molecule has 1 atom stereocenters. The number of hydrogen-bond acceptors (Lipinski definition) is 5. The Morgan fingerprint density at radius 1 is 1.19 bits per heavy atom. The van der Waals surface area contributed by atoms with Gasteiger partial charge in [-0.2, -0.15) is 0 Å². The van der Waals surface area contributed by atoms with Gasteiger partial charge in [0.05, 0.1) is 28.1 Å². The summed E-state index contributed by atoms with van der Waals surface area (Å²) in [4.78, 5) is 49.0. The highest BCUT2D eigenvalue weighted by Crippen LogP contribution is 2.31. The molecule has 1 heterocycles. The number of hydrazine groups is 1. The van der Waals surface area contributed by atoms with Gasteiger partial charge in [0.2, 0.25) is 5.91 Å². The highest BCUT2D eigenvalue weighted by Gasteiger charge is 2.37. The van der Waals surface area contributed by atoms with Crippen molar-refractivity contribution in [3.8, 4) is 0 Å². The van der Waals surface area contributed by atoms with Gasteiger partial charge in [0.1, 0.15) is 0 Å². The molecule has 1 aliphatic rings. The Balaban J connectivity index is 1.51. The molecule has 11 heteroatoms. The molecule has 1 fully saturated rings. The van der Waals surface area contributed by atoms with Crippen LogP contribution in [-0.2, 0) is 19.1 Å². The summed E-state index contributed by atoms with van der Waals surface area (Å²) in [6.45, 7) is 1.14. The second kappa shape index (κ2) is 10.3. The Kier molecular flexibility index (Phi) is 7.76. The molecule has 0 spiro atoms. The Morgan fingerprint density at radius 3 is 2.62 bits per heavy atom. The monoisotopic (exact) mass is 541 g/mol. The Labute approximate surface area is 202 Å². The van der Waals surface area contributed by atoms with Crippen molar-refractivity contribution in [1.82, 2.24) is 10.4 Å². The number of rotatable bonds is 6. The van der Waals surface area contributed by atoms with Crippen LogP contribution < -0.4 is 10.7 Å². The average Bonchev–Trinajstić information content (AvgIpc) is 3.13. The van der Waals surface area contributed by atoms with Gasteiger partial charge in [-0.1, -0.05) is 35.3 Å². The van der Waals surface area contributed by atoms with E-state index >= 15 is 0 Å². The van der Waals surface area contributed by atoms with Crippen LogP contribution in [0.25, 0.3) is 0 Å². The minimum atomic E-state index is -0.814. The second-order valence-electron chi connectivity index (χ2n) is 7.02. The molecular formula is C21H18BrCl2N3O5.